The minimum Gasteiger partial charge on any atom is -0.332 e. The van der Waals surface area contributed by atoms with Crippen LogP contribution < -0.4 is 4.31 Å². The van der Waals surface area contributed by atoms with Crippen molar-refractivity contribution >= 4 is 15.7 Å². The third kappa shape index (κ3) is 2.70. The van der Waals surface area contributed by atoms with Crippen LogP contribution in [0.1, 0.15) is 25.2 Å². The first kappa shape index (κ1) is 14.6. The van der Waals surface area contributed by atoms with Crippen molar-refractivity contribution in [1.29, 1.82) is 0 Å². The van der Waals surface area contributed by atoms with Crippen LogP contribution in [0.3, 0.4) is 0 Å². The second-order valence-corrected chi connectivity index (χ2v) is 6.39. The zero-order valence-corrected chi connectivity index (χ0v) is 12.7. The molecule has 1 N–H and O–H groups in total. The van der Waals surface area contributed by atoms with E-state index in [1.54, 1.807) is 6.07 Å². The van der Waals surface area contributed by atoms with E-state index >= 15 is 0 Å². The first-order valence-corrected chi connectivity index (χ1v) is 8.06. The first-order chi connectivity index (χ1) is 9.48. The van der Waals surface area contributed by atoms with Crippen LogP contribution in [0.15, 0.2) is 35.5 Å². The van der Waals surface area contributed by atoms with Gasteiger partial charge in [-0.2, -0.15) is 8.42 Å². The molecule has 0 unspecified atom stereocenters. The molecule has 5 nitrogen and oxygen atoms in total. The predicted octanol–water partition coefficient (Wildman–Crippen LogP) is 2.50. The normalized spacial score (nSPS) is 11.6. The van der Waals surface area contributed by atoms with E-state index < -0.39 is 10.0 Å². The van der Waals surface area contributed by atoms with E-state index in [0.29, 0.717) is 24.5 Å². The number of H-pyrrole nitrogens is 1. The predicted molar refractivity (Wildman–Crippen MR) is 79.4 cm³/mol. The van der Waals surface area contributed by atoms with Crippen molar-refractivity contribution in [3.63, 3.8) is 0 Å². The second-order valence-electron chi connectivity index (χ2n) is 4.56. The average molecular weight is 293 g/mol. The van der Waals surface area contributed by atoms with Gasteiger partial charge >= 0.3 is 0 Å². The van der Waals surface area contributed by atoms with Crippen LogP contribution >= 0.6 is 0 Å². The van der Waals surface area contributed by atoms with Crippen LogP contribution in [0, 0.1) is 6.92 Å². The highest BCUT2D eigenvalue weighted by molar-refractivity contribution is 7.92. The number of benzene rings is 1. The van der Waals surface area contributed by atoms with Crippen molar-refractivity contribution in [2.45, 2.75) is 32.2 Å². The van der Waals surface area contributed by atoms with Crippen molar-refractivity contribution in [1.82, 2.24) is 9.97 Å². The molecule has 2 aromatic rings. The highest BCUT2D eigenvalue weighted by Gasteiger charge is 2.25. The molecule has 0 spiro atoms. The van der Waals surface area contributed by atoms with E-state index in [1.807, 2.05) is 39.0 Å². The summed E-state index contributed by atoms with van der Waals surface area (Å²) in [6.45, 7) is 6.05. The second kappa shape index (κ2) is 5.66. The number of sulfonamides is 1. The minimum absolute atomic E-state index is 0.137. The van der Waals surface area contributed by atoms with Crippen LogP contribution in [0.5, 0.6) is 0 Å². The molecule has 1 heterocycles. The molecule has 108 valence electrons. The highest BCUT2D eigenvalue weighted by atomic mass is 32.2. The molecule has 2 rings (SSSR count). The molecule has 0 saturated carbocycles. The SMILES string of the molecule is CCc1ncc(S(=O)(=O)N(CC)c2cccc(C)c2)[nH]1. The number of nitrogens with one attached hydrogen (secondary N) is 1. The van der Waals surface area contributed by atoms with E-state index in [2.05, 4.69) is 9.97 Å². The standard InChI is InChI=1S/C14H19N3O2S/c1-4-13-15-10-14(16-13)20(18,19)17(5-2)12-8-6-7-11(3)9-12/h6-10H,4-5H2,1-3H3,(H,15,16). The Morgan fingerprint density at radius 1 is 1.30 bits per heavy atom. The van der Waals surface area contributed by atoms with Gasteiger partial charge in [0.1, 0.15) is 5.82 Å². The summed E-state index contributed by atoms with van der Waals surface area (Å²) in [5.74, 6) is 0.670. The molecule has 0 amide bonds. The number of hydrogen-bond donors (Lipinski definition) is 1. The molecule has 0 radical (unpaired) electrons. The topological polar surface area (TPSA) is 66.1 Å². The molecular formula is C14H19N3O2S. The number of aromatic nitrogens is 2. The van der Waals surface area contributed by atoms with Gasteiger partial charge in [-0.15, -0.1) is 0 Å². The lowest BCUT2D eigenvalue weighted by atomic mass is 10.2. The van der Waals surface area contributed by atoms with E-state index in [-0.39, 0.29) is 5.03 Å². The maximum Gasteiger partial charge on any atom is 0.281 e. The molecule has 0 bridgehead atoms. The third-order valence-corrected chi connectivity index (χ3v) is 4.90. The van der Waals surface area contributed by atoms with Crippen molar-refractivity contribution in [2.24, 2.45) is 0 Å². The Bertz CT molecular complexity index is 692. The van der Waals surface area contributed by atoms with Crippen LogP contribution in [-0.4, -0.2) is 24.9 Å². The van der Waals surface area contributed by atoms with Gasteiger partial charge in [-0.05, 0) is 31.5 Å². The summed E-state index contributed by atoms with van der Waals surface area (Å²) in [5, 5.41) is 0.137. The molecule has 0 fully saturated rings. The molecule has 0 aliphatic rings. The van der Waals surface area contributed by atoms with Gasteiger partial charge in [-0.3, -0.25) is 4.31 Å². The summed E-state index contributed by atoms with van der Waals surface area (Å²) in [6.07, 6.45) is 2.05. The summed E-state index contributed by atoms with van der Waals surface area (Å²) >= 11 is 0. The quantitative estimate of drug-likeness (QED) is 0.921. The Labute approximate surface area is 119 Å². The molecular weight excluding hydrogens is 274 g/mol. The van der Waals surface area contributed by atoms with Crippen LogP contribution in [0.25, 0.3) is 0 Å². The summed E-state index contributed by atoms with van der Waals surface area (Å²) in [6, 6.07) is 7.45. The maximum absolute atomic E-state index is 12.7. The van der Waals surface area contributed by atoms with E-state index in [1.165, 1.54) is 10.5 Å². The zero-order valence-electron chi connectivity index (χ0n) is 11.9. The molecule has 1 aromatic carbocycles. The lowest BCUT2D eigenvalue weighted by Crippen LogP contribution is -2.31. The number of imidazole rings is 1. The third-order valence-electron chi connectivity index (χ3n) is 3.08. The van der Waals surface area contributed by atoms with E-state index in [0.717, 1.165) is 5.56 Å². The average Bonchev–Trinajstić information content (AvgIpc) is 2.89. The number of anilines is 1. The monoisotopic (exact) mass is 293 g/mol. The molecule has 6 heteroatoms. The van der Waals surface area contributed by atoms with Crippen molar-refractivity contribution in [3.8, 4) is 0 Å². The summed E-state index contributed by atoms with van der Waals surface area (Å²) in [7, 11) is -3.59. The molecule has 20 heavy (non-hydrogen) atoms. The van der Waals surface area contributed by atoms with E-state index in [9.17, 15) is 8.42 Å². The fourth-order valence-corrected chi connectivity index (χ4v) is 3.45. The van der Waals surface area contributed by atoms with Crippen molar-refractivity contribution in [2.75, 3.05) is 10.8 Å². The molecule has 0 saturated heterocycles. The molecule has 0 aliphatic carbocycles. The number of nitrogens with zero attached hydrogens (tertiary/aromatic N) is 2. The number of rotatable bonds is 5. The Morgan fingerprint density at radius 3 is 2.60 bits per heavy atom. The van der Waals surface area contributed by atoms with E-state index in [4.69, 9.17) is 0 Å². The van der Waals surface area contributed by atoms with Gasteiger partial charge in [0.2, 0.25) is 0 Å². The van der Waals surface area contributed by atoms with Crippen LogP contribution in [0.4, 0.5) is 5.69 Å². The van der Waals surface area contributed by atoms with Crippen LogP contribution in [0.2, 0.25) is 0 Å². The molecule has 1 aromatic heterocycles. The number of aryl methyl sites for hydroxylation is 2. The van der Waals surface area contributed by atoms with Gasteiger partial charge < -0.3 is 4.98 Å². The summed E-state index contributed by atoms with van der Waals surface area (Å²) in [4.78, 5) is 6.93. The number of aromatic amines is 1. The Morgan fingerprint density at radius 2 is 2.05 bits per heavy atom. The Hall–Kier alpha value is -1.82. The lowest BCUT2D eigenvalue weighted by Gasteiger charge is -2.22. The highest BCUT2D eigenvalue weighted by Crippen LogP contribution is 2.23. The van der Waals surface area contributed by atoms with Gasteiger partial charge in [0, 0.05) is 13.0 Å². The zero-order chi connectivity index (χ0) is 14.8. The van der Waals surface area contributed by atoms with Gasteiger partial charge in [0.15, 0.2) is 5.03 Å². The fourth-order valence-electron chi connectivity index (χ4n) is 2.05. The van der Waals surface area contributed by atoms with Gasteiger partial charge in [-0.1, -0.05) is 19.1 Å². The van der Waals surface area contributed by atoms with Gasteiger partial charge in [0.25, 0.3) is 10.0 Å². The maximum atomic E-state index is 12.7. The first-order valence-electron chi connectivity index (χ1n) is 6.62. The number of hydrogen-bond acceptors (Lipinski definition) is 3. The smallest absolute Gasteiger partial charge is 0.281 e. The summed E-state index contributed by atoms with van der Waals surface area (Å²) < 4.78 is 26.7. The Balaban J connectivity index is 2.44. The fraction of sp³-hybridized carbons (Fsp3) is 0.357. The van der Waals surface area contributed by atoms with Crippen molar-refractivity contribution in [3.05, 3.63) is 41.9 Å². The minimum atomic E-state index is -3.59. The van der Waals surface area contributed by atoms with Crippen molar-refractivity contribution < 1.29 is 8.42 Å². The molecule has 0 atom stereocenters. The lowest BCUT2D eigenvalue weighted by molar-refractivity contribution is 0.588. The molecule has 0 aliphatic heterocycles. The van der Waals surface area contributed by atoms with Gasteiger partial charge in [0.05, 0.1) is 11.9 Å². The Kier molecular flexibility index (Phi) is 4.13. The van der Waals surface area contributed by atoms with Crippen LogP contribution in [-0.2, 0) is 16.4 Å². The largest absolute Gasteiger partial charge is 0.332 e. The van der Waals surface area contributed by atoms with Gasteiger partial charge in [-0.25, -0.2) is 4.98 Å². The summed E-state index contributed by atoms with van der Waals surface area (Å²) in [5.41, 5.74) is 1.69.